The van der Waals surface area contributed by atoms with Crippen molar-refractivity contribution in [3.8, 4) is 0 Å². The molecular formula is C19H17N3O3S. The fourth-order valence-corrected chi connectivity index (χ4v) is 3.58. The number of nitrogens with two attached hydrogens (primary N) is 1. The third-order valence-electron chi connectivity index (χ3n) is 3.64. The highest BCUT2D eigenvalue weighted by Crippen LogP contribution is 2.23. The van der Waals surface area contributed by atoms with Gasteiger partial charge < -0.3 is 16.4 Å². The van der Waals surface area contributed by atoms with E-state index in [9.17, 15) is 13.2 Å². The van der Waals surface area contributed by atoms with Crippen molar-refractivity contribution in [3.05, 3.63) is 78.9 Å². The number of carbonyl (C=O) groups excluding carboxylic acids is 1. The van der Waals surface area contributed by atoms with Crippen molar-refractivity contribution in [2.24, 2.45) is 0 Å². The number of benzene rings is 3. The average molecular weight is 367 g/mol. The quantitative estimate of drug-likeness (QED) is 0.611. The zero-order valence-electron chi connectivity index (χ0n) is 13.7. The van der Waals surface area contributed by atoms with Crippen molar-refractivity contribution < 1.29 is 13.2 Å². The van der Waals surface area contributed by atoms with Gasteiger partial charge in [0.15, 0.2) is 0 Å². The summed E-state index contributed by atoms with van der Waals surface area (Å²) in [4.78, 5) is 12.3. The molecule has 3 aromatic carbocycles. The predicted molar refractivity (Wildman–Crippen MR) is 102 cm³/mol. The third-order valence-corrected chi connectivity index (χ3v) is 5.43. The first kappa shape index (κ1) is 17.5. The van der Waals surface area contributed by atoms with E-state index in [1.54, 1.807) is 12.1 Å². The Hall–Kier alpha value is -3.32. The van der Waals surface area contributed by atoms with E-state index in [1.807, 2.05) is 18.2 Å². The van der Waals surface area contributed by atoms with Gasteiger partial charge in [-0.1, -0.05) is 18.2 Å². The van der Waals surface area contributed by atoms with Crippen LogP contribution in [-0.4, -0.2) is 14.4 Å². The first-order valence-electron chi connectivity index (χ1n) is 7.79. The molecule has 2 amide bonds. The SMILES string of the molecule is Nc1ccc(S(=O)(=O)c2ccc(NC(=O)Nc3ccccc3)cc2)cc1. The molecule has 0 aromatic heterocycles. The van der Waals surface area contributed by atoms with E-state index in [2.05, 4.69) is 10.6 Å². The Morgan fingerprint density at radius 3 is 1.69 bits per heavy atom. The second-order valence-electron chi connectivity index (χ2n) is 5.54. The second-order valence-corrected chi connectivity index (χ2v) is 7.49. The molecule has 132 valence electrons. The molecule has 0 radical (unpaired) electrons. The van der Waals surface area contributed by atoms with Crippen LogP contribution in [0.1, 0.15) is 0 Å². The Morgan fingerprint density at radius 1 is 0.692 bits per heavy atom. The van der Waals surface area contributed by atoms with E-state index in [0.29, 0.717) is 17.1 Å². The van der Waals surface area contributed by atoms with Gasteiger partial charge in [0.05, 0.1) is 9.79 Å². The van der Waals surface area contributed by atoms with Crippen LogP contribution in [0, 0.1) is 0 Å². The van der Waals surface area contributed by atoms with Gasteiger partial charge in [-0.2, -0.15) is 0 Å². The number of sulfone groups is 1. The van der Waals surface area contributed by atoms with Crippen molar-refractivity contribution >= 4 is 32.9 Å². The van der Waals surface area contributed by atoms with Gasteiger partial charge in [-0.15, -0.1) is 0 Å². The zero-order chi connectivity index (χ0) is 18.6. The molecule has 0 unspecified atom stereocenters. The van der Waals surface area contributed by atoms with Crippen LogP contribution in [0.3, 0.4) is 0 Å². The topological polar surface area (TPSA) is 101 Å². The number of nitrogens with one attached hydrogen (secondary N) is 2. The van der Waals surface area contributed by atoms with Crippen LogP contribution in [0.2, 0.25) is 0 Å². The van der Waals surface area contributed by atoms with E-state index in [0.717, 1.165) is 0 Å². The van der Waals surface area contributed by atoms with Gasteiger partial charge in [0.2, 0.25) is 9.84 Å². The summed E-state index contributed by atoms with van der Waals surface area (Å²) in [7, 11) is -3.63. The molecule has 26 heavy (non-hydrogen) atoms. The van der Waals surface area contributed by atoms with Crippen molar-refractivity contribution in [1.82, 2.24) is 0 Å². The number of amides is 2. The fraction of sp³-hybridized carbons (Fsp3) is 0. The van der Waals surface area contributed by atoms with Crippen LogP contribution in [0.5, 0.6) is 0 Å². The van der Waals surface area contributed by atoms with Gasteiger partial charge in [0, 0.05) is 17.1 Å². The molecule has 7 heteroatoms. The lowest BCUT2D eigenvalue weighted by Gasteiger charge is -2.09. The summed E-state index contributed by atoms with van der Waals surface area (Å²) in [6, 6.07) is 20.6. The van der Waals surface area contributed by atoms with E-state index in [-0.39, 0.29) is 9.79 Å². The molecular weight excluding hydrogens is 350 g/mol. The fourth-order valence-electron chi connectivity index (χ4n) is 2.32. The summed E-state index contributed by atoms with van der Waals surface area (Å²) < 4.78 is 25.2. The van der Waals surface area contributed by atoms with Crippen molar-refractivity contribution in [3.63, 3.8) is 0 Å². The molecule has 0 spiro atoms. The molecule has 3 aromatic rings. The minimum absolute atomic E-state index is 0.135. The van der Waals surface area contributed by atoms with Crippen LogP contribution in [0.4, 0.5) is 21.9 Å². The summed E-state index contributed by atoms with van der Waals surface area (Å²) in [6.07, 6.45) is 0. The number of nitrogen functional groups attached to an aromatic ring is 1. The molecule has 0 aliphatic carbocycles. The third kappa shape index (κ3) is 4.01. The predicted octanol–water partition coefficient (Wildman–Crippen LogP) is 3.75. The Labute approximate surface area is 151 Å². The summed E-state index contributed by atoms with van der Waals surface area (Å²) in [5, 5.41) is 5.34. The molecule has 0 bridgehead atoms. The number of para-hydroxylation sites is 1. The lowest BCUT2D eigenvalue weighted by atomic mass is 10.3. The maximum Gasteiger partial charge on any atom is 0.323 e. The molecule has 6 nitrogen and oxygen atoms in total. The first-order chi connectivity index (χ1) is 12.4. The number of carbonyl (C=O) groups is 1. The Kier molecular flexibility index (Phi) is 4.90. The van der Waals surface area contributed by atoms with Crippen LogP contribution in [0.15, 0.2) is 88.7 Å². The first-order valence-corrected chi connectivity index (χ1v) is 9.27. The molecule has 4 N–H and O–H groups in total. The average Bonchev–Trinajstić information content (AvgIpc) is 2.63. The highest BCUT2D eigenvalue weighted by atomic mass is 32.2. The lowest BCUT2D eigenvalue weighted by Crippen LogP contribution is -2.19. The van der Waals surface area contributed by atoms with Crippen molar-refractivity contribution in [2.75, 3.05) is 16.4 Å². The zero-order valence-corrected chi connectivity index (χ0v) is 14.5. The number of urea groups is 1. The minimum atomic E-state index is -3.63. The van der Waals surface area contributed by atoms with E-state index < -0.39 is 15.9 Å². The van der Waals surface area contributed by atoms with Crippen LogP contribution in [-0.2, 0) is 9.84 Å². The smallest absolute Gasteiger partial charge is 0.323 e. The van der Waals surface area contributed by atoms with Crippen molar-refractivity contribution in [2.45, 2.75) is 9.79 Å². The van der Waals surface area contributed by atoms with Gasteiger partial charge in [0.1, 0.15) is 0 Å². The molecule has 0 aliphatic rings. The number of hydrogen-bond acceptors (Lipinski definition) is 4. The highest BCUT2D eigenvalue weighted by Gasteiger charge is 2.17. The van der Waals surface area contributed by atoms with E-state index in [1.165, 1.54) is 48.5 Å². The molecule has 0 saturated heterocycles. The standard InChI is InChI=1S/C19H17N3O3S/c20-14-6-10-17(11-7-14)26(24,25)18-12-8-16(9-13-18)22-19(23)21-15-4-2-1-3-5-15/h1-13H,20H2,(H2,21,22,23). The summed E-state index contributed by atoms with van der Waals surface area (Å²) in [5.41, 5.74) is 7.22. The highest BCUT2D eigenvalue weighted by molar-refractivity contribution is 7.91. The molecule has 0 fully saturated rings. The van der Waals surface area contributed by atoms with Gasteiger partial charge in [-0.3, -0.25) is 0 Å². The van der Waals surface area contributed by atoms with E-state index in [4.69, 9.17) is 5.73 Å². The summed E-state index contributed by atoms with van der Waals surface area (Å²) in [5.74, 6) is 0. The van der Waals surface area contributed by atoms with Crippen LogP contribution >= 0.6 is 0 Å². The molecule has 0 heterocycles. The summed E-state index contributed by atoms with van der Waals surface area (Å²) in [6.45, 7) is 0. The Bertz CT molecular complexity index is 1000. The van der Waals surface area contributed by atoms with Gasteiger partial charge in [-0.25, -0.2) is 13.2 Å². The number of rotatable bonds is 4. The largest absolute Gasteiger partial charge is 0.399 e. The lowest BCUT2D eigenvalue weighted by molar-refractivity contribution is 0.262. The van der Waals surface area contributed by atoms with E-state index >= 15 is 0 Å². The summed E-state index contributed by atoms with van der Waals surface area (Å²) >= 11 is 0. The molecule has 0 saturated carbocycles. The monoisotopic (exact) mass is 367 g/mol. The molecule has 0 aliphatic heterocycles. The Balaban J connectivity index is 1.72. The number of hydrogen-bond donors (Lipinski definition) is 3. The normalized spacial score (nSPS) is 10.9. The minimum Gasteiger partial charge on any atom is -0.399 e. The van der Waals surface area contributed by atoms with Crippen LogP contribution < -0.4 is 16.4 Å². The van der Waals surface area contributed by atoms with Gasteiger partial charge >= 0.3 is 6.03 Å². The number of anilines is 3. The van der Waals surface area contributed by atoms with Gasteiger partial charge in [0.25, 0.3) is 0 Å². The second kappa shape index (κ2) is 7.28. The maximum absolute atomic E-state index is 12.6. The van der Waals surface area contributed by atoms with Gasteiger partial charge in [-0.05, 0) is 60.7 Å². The molecule has 3 rings (SSSR count). The maximum atomic E-state index is 12.6. The van der Waals surface area contributed by atoms with Crippen molar-refractivity contribution in [1.29, 1.82) is 0 Å². The molecule has 0 atom stereocenters. The van der Waals surface area contributed by atoms with Crippen LogP contribution in [0.25, 0.3) is 0 Å². The Morgan fingerprint density at radius 2 is 1.15 bits per heavy atom.